The van der Waals surface area contributed by atoms with Gasteiger partial charge in [0.15, 0.2) is 6.04 Å². The molecule has 2 amide bonds. The lowest BCUT2D eigenvalue weighted by Gasteiger charge is -2.43. The third kappa shape index (κ3) is 4.13. The summed E-state index contributed by atoms with van der Waals surface area (Å²) >= 11 is 1.33. The van der Waals surface area contributed by atoms with Crippen LogP contribution in [0.2, 0.25) is 0 Å². The zero-order chi connectivity index (χ0) is 23.9. The second-order valence-corrected chi connectivity index (χ2v) is 10.2. The van der Waals surface area contributed by atoms with Crippen molar-refractivity contribution in [2.75, 3.05) is 0 Å². The van der Waals surface area contributed by atoms with Crippen molar-refractivity contribution in [3.8, 4) is 11.5 Å². The SMILES string of the molecule is CC1(C)S[C@H]2[C@@H](NC(=O)C(N=Cc3ccccc3O)c3ccc(O)cc3)C(=O)N2[C@@H]1C(=O)O. The first-order valence-corrected chi connectivity index (χ1v) is 11.1. The van der Waals surface area contributed by atoms with Gasteiger partial charge in [0.05, 0.1) is 0 Å². The number of carbonyl (C=O) groups is 3. The number of fused-ring (bicyclic) bond motifs is 1. The number of hydrogen-bond donors (Lipinski definition) is 4. The van der Waals surface area contributed by atoms with Crippen LogP contribution in [0.5, 0.6) is 11.5 Å². The fourth-order valence-electron chi connectivity index (χ4n) is 4.09. The van der Waals surface area contributed by atoms with E-state index in [2.05, 4.69) is 10.3 Å². The lowest BCUT2D eigenvalue weighted by atomic mass is 9.95. The molecule has 2 aromatic carbocycles. The number of para-hydroxylation sites is 1. The Morgan fingerprint density at radius 2 is 1.82 bits per heavy atom. The maximum atomic E-state index is 13.2. The highest BCUT2D eigenvalue weighted by molar-refractivity contribution is 8.01. The summed E-state index contributed by atoms with van der Waals surface area (Å²) < 4.78 is -0.703. The second-order valence-electron chi connectivity index (χ2n) is 8.42. The number of aliphatic imine (C=N–C) groups is 1. The molecule has 172 valence electrons. The van der Waals surface area contributed by atoms with E-state index in [4.69, 9.17) is 0 Å². The molecular weight excluding hydrogens is 446 g/mol. The Balaban J connectivity index is 1.57. The number of aliphatic carboxylic acids is 1. The van der Waals surface area contributed by atoms with Crippen LogP contribution >= 0.6 is 11.8 Å². The minimum Gasteiger partial charge on any atom is -0.508 e. The topological polar surface area (TPSA) is 140 Å². The van der Waals surface area contributed by atoms with E-state index < -0.39 is 46.0 Å². The van der Waals surface area contributed by atoms with Gasteiger partial charge in [0.25, 0.3) is 0 Å². The number of hydrogen-bond acceptors (Lipinski definition) is 7. The first-order chi connectivity index (χ1) is 15.6. The summed E-state index contributed by atoms with van der Waals surface area (Å²) in [6.45, 7) is 3.52. The molecule has 2 heterocycles. The average Bonchev–Trinajstić information content (AvgIpc) is 3.02. The quantitative estimate of drug-likeness (QED) is 0.374. The zero-order valence-electron chi connectivity index (χ0n) is 17.9. The number of carboxylic acids is 1. The molecule has 4 atom stereocenters. The number of carbonyl (C=O) groups excluding carboxylic acids is 2. The molecule has 4 N–H and O–H groups in total. The Kier molecular flexibility index (Phi) is 5.79. The van der Waals surface area contributed by atoms with Crippen molar-refractivity contribution < 1.29 is 29.7 Å². The van der Waals surface area contributed by atoms with E-state index in [1.807, 2.05) is 0 Å². The van der Waals surface area contributed by atoms with Crippen molar-refractivity contribution in [1.82, 2.24) is 10.2 Å². The van der Waals surface area contributed by atoms with Crippen LogP contribution in [0.4, 0.5) is 0 Å². The van der Waals surface area contributed by atoms with E-state index in [0.29, 0.717) is 11.1 Å². The van der Waals surface area contributed by atoms with Crippen molar-refractivity contribution in [3.63, 3.8) is 0 Å². The lowest BCUT2D eigenvalue weighted by molar-refractivity contribution is -0.161. The van der Waals surface area contributed by atoms with E-state index in [9.17, 15) is 29.7 Å². The number of aromatic hydroxyl groups is 2. The monoisotopic (exact) mass is 469 g/mol. The molecule has 9 nitrogen and oxygen atoms in total. The Morgan fingerprint density at radius 3 is 2.45 bits per heavy atom. The van der Waals surface area contributed by atoms with Gasteiger partial charge in [-0.2, -0.15) is 0 Å². The minimum atomic E-state index is -1.08. The van der Waals surface area contributed by atoms with Crippen molar-refractivity contribution in [1.29, 1.82) is 0 Å². The van der Waals surface area contributed by atoms with Gasteiger partial charge in [0.1, 0.15) is 29.0 Å². The summed E-state index contributed by atoms with van der Waals surface area (Å²) in [4.78, 5) is 43.3. The maximum absolute atomic E-state index is 13.2. The lowest BCUT2D eigenvalue weighted by Crippen LogP contribution is -2.70. The molecule has 2 aliphatic heterocycles. The number of rotatable bonds is 6. The van der Waals surface area contributed by atoms with Gasteiger partial charge in [-0.15, -0.1) is 11.8 Å². The molecule has 33 heavy (non-hydrogen) atoms. The number of phenolic OH excluding ortho intramolecular Hbond substituents is 2. The minimum absolute atomic E-state index is 0.000210. The Morgan fingerprint density at radius 1 is 1.15 bits per heavy atom. The van der Waals surface area contributed by atoms with Crippen LogP contribution in [-0.4, -0.2) is 66.4 Å². The smallest absolute Gasteiger partial charge is 0.327 e. The third-order valence-electron chi connectivity index (χ3n) is 5.73. The maximum Gasteiger partial charge on any atom is 0.327 e. The van der Waals surface area contributed by atoms with Crippen LogP contribution in [0.3, 0.4) is 0 Å². The molecule has 0 radical (unpaired) electrons. The summed E-state index contributed by atoms with van der Waals surface area (Å²) in [5.74, 6) is -2.06. The predicted molar refractivity (Wildman–Crippen MR) is 122 cm³/mol. The molecule has 4 rings (SSSR count). The van der Waals surface area contributed by atoms with Gasteiger partial charge in [0.2, 0.25) is 11.8 Å². The fraction of sp³-hybridized carbons (Fsp3) is 0.304. The molecule has 0 bridgehead atoms. The van der Waals surface area contributed by atoms with Crippen LogP contribution in [0.15, 0.2) is 53.5 Å². The van der Waals surface area contributed by atoms with Gasteiger partial charge in [-0.3, -0.25) is 14.6 Å². The summed E-state index contributed by atoms with van der Waals surface area (Å²) in [5, 5.41) is 31.4. The van der Waals surface area contributed by atoms with Crippen LogP contribution < -0.4 is 5.32 Å². The van der Waals surface area contributed by atoms with Crippen LogP contribution in [0.25, 0.3) is 0 Å². The number of benzene rings is 2. The number of nitrogens with zero attached hydrogens (tertiary/aromatic N) is 2. The summed E-state index contributed by atoms with van der Waals surface area (Å²) in [5.41, 5.74) is 0.890. The third-order valence-corrected chi connectivity index (χ3v) is 7.30. The number of carboxylic acid groups (broad SMARTS) is 1. The first-order valence-electron chi connectivity index (χ1n) is 10.2. The number of thioether (sulfide) groups is 1. The summed E-state index contributed by atoms with van der Waals surface area (Å²) in [6, 6.07) is 9.56. The highest BCUT2D eigenvalue weighted by Crippen LogP contribution is 2.50. The molecule has 1 unspecified atom stereocenters. The Labute approximate surface area is 194 Å². The van der Waals surface area contributed by atoms with Crippen molar-refractivity contribution in [3.05, 3.63) is 59.7 Å². The summed E-state index contributed by atoms with van der Waals surface area (Å²) in [6.07, 6.45) is 1.37. The van der Waals surface area contributed by atoms with E-state index in [0.717, 1.165) is 0 Å². The largest absolute Gasteiger partial charge is 0.508 e. The van der Waals surface area contributed by atoms with Gasteiger partial charge in [-0.1, -0.05) is 24.3 Å². The van der Waals surface area contributed by atoms with Crippen LogP contribution in [-0.2, 0) is 14.4 Å². The number of amides is 2. The van der Waals surface area contributed by atoms with Gasteiger partial charge in [-0.25, -0.2) is 4.79 Å². The molecule has 0 aliphatic carbocycles. The molecule has 10 heteroatoms. The normalized spacial score (nSPS) is 24.2. The number of nitrogens with one attached hydrogen (secondary N) is 1. The van der Waals surface area contributed by atoms with E-state index in [-0.39, 0.29) is 11.5 Å². The van der Waals surface area contributed by atoms with E-state index >= 15 is 0 Å². The van der Waals surface area contributed by atoms with Crippen molar-refractivity contribution in [2.45, 2.75) is 42.1 Å². The molecule has 2 aliphatic rings. The highest BCUT2D eigenvalue weighted by Gasteiger charge is 2.64. The molecule has 2 saturated heterocycles. The molecule has 2 fully saturated rings. The second kappa shape index (κ2) is 8.43. The Hall–Kier alpha value is -3.53. The molecule has 2 aromatic rings. The number of phenols is 2. The average molecular weight is 470 g/mol. The molecule has 0 spiro atoms. The van der Waals surface area contributed by atoms with Gasteiger partial charge in [0, 0.05) is 16.5 Å². The van der Waals surface area contributed by atoms with Gasteiger partial charge < -0.3 is 25.5 Å². The highest BCUT2D eigenvalue weighted by atomic mass is 32.2. The predicted octanol–water partition coefficient (Wildman–Crippen LogP) is 1.89. The fourth-order valence-corrected chi connectivity index (χ4v) is 5.72. The van der Waals surface area contributed by atoms with Gasteiger partial charge >= 0.3 is 5.97 Å². The zero-order valence-corrected chi connectivity index (χ0v) is 18.7. The summed E-state index contributed by atoms with van der Waals surface area (Å²) in [7, 11) is 0. The molecule has 0 saturated carbocycles. The van der Waals surface area contributed by atoms with Crippen molar-refractivity contribution in [2.24, 2.45) is 4.99 Å². The van der Waals surface area contributed by atoms with Crippen LogP contribution in [0.1, 0.15) is 31.0 Å². The first kappa shape index (κ1) is 22.7. The number of β-lactam (4-membered cyclic amide) rings is 1. The molecule has 0 aromatic heterocycles. The standard InChI is InChI=1S/C23H23N3O6S/c1-23(2)18(22(31)32)26-20(30)17(21(26)33-23)25-19(29)16(12-7-9-14(27)10-8-12)24-11-13-5-3-4-6-15(13)28/h3-11,16-18,21,27-28H,1-2H3,(H,25,29)(H,31,32)/t16?,17-,18+,21-/m0/s1. The van der Waals surface area contributed by atoms with Crippen molar-refractivity contribution >= 4 is 35.8 Å². The Bertz CT molecular complexity index is 1130. The molecular formula is C23H23N3O6S. The van der Waals surface area contributed by atoms with E-state index in [1.165, 1.54) is 41.1 Å². The van der Waals surface area contributed by atoms with E-state index in [1.54, 1.807) is 44.2 Å². The van der Waals surface area contributed by atoms with Gasteiger partial charge in [-0.05, 0) is 43.7 Å². The van der Waals surface area contributed by atoms with Crippen LogP contribution in [0, 0.1) is 0 Å².